The van der Waals surface area contributed by atoms with Gasteiger partial charge in [0.2, 0.25) is 0 Å². The van der Waals surface area contributed by atoms with Gasteiger partial charge >= 0.3 is 0 Å². The highest BCUT2D eigenvalue weighted by Gasteiger charge is 2.22. The van der Waals surface area contributed by atoms with Gasteiger partial charge in [-0.3, -0.25) is 0 Å². The quantitative estimate of drug-likeness (QED) is 0.630. The van der Waals surface area contributed by atoms with E-state index in [9.17, 15) is 0 Å². The third-order valence-electron chi connectivity index (χ3n) is 2.54. The Balaban J connectivity index is 2.96. The molecule has 1 heteroatoms. The molecule has 0 spiro atoms. The zero-order chi connectivity index (χ0) is 10.1. The predicted molar refractivity (Wildman–Crippen MR) is 56.7 cm³/mol. The monoisotopic (exact) mass is 178 g/mol. The van der Waals surface area contributed by atoms with Crippen LogP contribution in [0.2, 0.25) is 0 Å². The Morgan fingerprint density at radius 3 is 2.23 bits per heavy atom. The van der Waals surface area contributed by atoms with Crippen molar-refractivity contribution >= 4 is 0 Å². The second-order valence-electron chi connectivity index (χ2n) is 4.10. The average molecular weight is 178 g/mol. The molecule has 0 N–H and O–H groups in total. The smallest absolute Gasteiger partial charge is 0.0871 e. The lowest BCUT2D eigenvalue weighted by molar-refractivity contribution is 0.0583. The Labute approximate surface area is 80.8 Å². The van der Waals surface area contributed by atoms with E-state index in [0.29, 0.717) is 0 Å². The second kappa shape index (κ2) is 3.51. The molecule has 0 fully saturated rings. The number of hydrogen-bond donors (Lipinski definition) is 0. The molecule has 0 bridgehead atoms. The number of allylic oxidation sites excluding steroid dienone is 4. The zero-order valence-electron chi connectivity index (χ0n) is 9.14. The van der Waals surface area contributed by atoms with Crippen molar-refractivity contribution in [3.05, 3.63) is 34.9 Å². The van der Waals surface area contributed by atoms with Crippen LogP contribution in [0.1, 0.15) is 27.7 Å². The summed E-state index contributed by atoms with van der Waals surface area (Å²) in [6, 6.07) is 0. The van der Waals surface area contributed by atoms with E-state index < -0.39 is 0 Å². The first-order valence-corrected chi connectivity index (χ1v) is 4.60. The van der Waals surface area contributed by atoms with Crippen molar-refractivity contribution in [2.45, 2.75) is 33.3 Å². The van der Waals surface area contributed by atoms with Crippen LogP contribution >= 0.6 is 0 Å². The highest BCUT2D eigenvalue weighted by molar-refractivity contribution is 5.50. The van der Waals surface area contributed by atoms with Gasteiger partial charge in [0.15, 0.2) is 0 Å². The van der Waals surface area contributed by atoms with Crippen molar-refractivity contribution in [1.82, 2.24) is 0 Å². The fourth-order valence-corrected chi connectivity index (χ4v) is 1.25. The third kappa shape index (κ3) is 2.10. The molecule has 0 unspecified atom stereocenters. The van der Waals surface area contributed by atoms with Crippen molar-refractivity contribution in [1.29, 1.82) is 0 Å². The molecule has 13 heavy (non-hydrogen) atoms. The van der Waals surface area contributed by atoms with Crippen LogP contribution in [0.4, 0.5) is 0 Å². The van der Waals surface area contributed by atoms with Crippen LogP contribution in [0.5, 0.6) is 0 Å². The van der Waals surface area contributed by atoms with Crippen molar-refractivity contribution < 1.29 is 4.74 Å². The number of rotatable bonds is 2. The zero-order valence-corrected chi connectivity index (χ0v) is 9.14. The van der Waals surface area contributed by atoms with Crippen LogP contribution in [0.25, 0.3) is 0 Å². The van der Waals surface area contributed by atoms with Gasteiger partial charge in [-0.25, -0.2) is 0 Å². The van der Waals surface area contributed by atoms with E-state index in [1.54, 1.807) is 7.11 Å². The molecule has 1 nitrogen and oxygen atoms in total. The maximum Gasteiger partial charge on any atom is 0.0871 e. The van der Waals surface area contributed by atoms with E-state index in [2.05, 4.69) is 45.9 Å². The number of methoxy groups -OCH3 is 1. The molecule has 0 aliphatic heterocycles. The molecule has 0 aromatic rings. The summed E-state index contributed by atoms with van der Waals surface area (Å²) >= 11 is 0. The van der Waals surface area contributed by atoms with Gasteiger partial charge in [-0.05, 0) is 44.9 Å². The average Bonchev–Trinajstić information content (AvgIpc) is 2.52. The minimum absolute atomic E-state index is 0.173. The molecule has 0 aromatic heterocycles. The molecule has 0 saturated heterocycles. The second-order valence-corrected chi connectivity index (χ2v) is 4.10. The van der Waals surface area contributed by atoms with Gasteiger partial charge in [-0.15, -0.1) is 0 Å². The summed E-state index contributed by atoms with van der Waals surface area (Å²) in [5.74, 6) is 0. The van der Waals surface area contributed by atoms with Crippen LogP contribution in [-0.4, -0.2) is 12.7 Å². The lowest BCUT2D eigenvalue weighted by Gasteiger charge is -2.23. The van der Waals surface area contributed by atoms with E-state index in [4.69, 9.17) is 4.74 Å². The largest absolute Gasteiger partial charge is 0.374 e. The predicted octanol–water partition coefficient (Wildman–Crippen LogP) is 3.24. The van der Waals surface area contributed by atoms with Crippen molar-refractivity contribution in [3.8, 4) is 0 Å². The van der Waals surface area contributed by atoms with E-state index in [-0.39, 0.29) is 5.60 Å². The van der Waals surface area contributed by atoms with Gasteiger partial charge in [-0.2, -0.15) is 0 Å². The topological polar surface area (TPSA) is 9.23 Å². The Bertz CT molecular complexity index is 286. The van der Waals surface area contributed by atoms with Crippen molar-refractivity contribution in [2.24, 2.45) is 0 Å². The molecule has 0 aromatic carbocycles. The van der Waals surface area contributed by atoms with E-state index in [0.717, 1.165) is 0 Å². The number of ether oxygens (including phenoxy) is 1. The number of hydrogen-bond acceptors (Lipinski definition) is 1. The van der Waals surface area contributed by atoms with Gasteiger partial charge in [0.25, 0.3) is 0 Å². The summed E-state index contributed by atoms with van der Waals surface area (Å²) in [4.78, 5) is 0. The van der Waals surface area contributed by atoms with Gasteiger partial charge in [-0.1, -0.05) is 17.7 Å². The van der Waals surface area contributed by atoms with Gasteiger partial charge in [0.05, 0.1) is 5.60 Å². The summed E-state index contributed by atoms with van der Waals surface area (Å²) in [6.45, 7) is 8.41. The Morgan fingerprint density at radius 2 is 1.85 bits per heavy atom. The minimum atomic E-state index is -0.173. The van der Waals surface area contributed by atoms with Crippen molar-refractivity contribution in [3.63, 3.8) is 0 Å². The summed E-state index contributed by atoms with van der Waals surface area (Å²) in [7, 11) is 1.75. The van der Waals surface area contributed by atoms with Crippen LogP contribution in [0.15, 0.2) is 34.9 Å². The van der Waals surface area contributed by atoms with Gasteiger partial charge in [0, 0.05) is 7.11 Å². The van der Waals surface area contributed by atoms with E-state index in [1.165, 1.54) is 16.7 Å². The minimum Gasteiger partial charge on any atom is -0.374 e. The molecule has 72 valence electrons. The maximum absolute atomic E-state index is 5.41. The van der Waals surface area contributed by atoms with Gasteiger partial charge in [0.1, 0.15) is 0 Å². The normalized spacial score (nSPS) is 16.4. The summed E-state index contributed by atoms with van der Waals surface area (Å²) in [5, 5.41) is 0. The molecule has 0 saturated carbocycles. The first kappa shape index (κ1) is 10.3. The maximum atomic E-state index is 5.41. The Hall–Kier alpha value is -0.820. The molecule has 1 rings (SSSR count). The lowest BCUT2D eigenvalue weighted by atomic mass is 9.99. The van der Waals surface area contributed by atoms with Crippen LogP contribution < -0.4 is 0 Å². The highest BCUT2D eigenvalue weighted by atomic mass is 16.5. The summed E-state index contributed by atoms with van der Waals surface area (Å²) in [6.07, 6.45) is 6.47. The molecule has 1 aliphatic carbocycles. The fourth-order valence-electron chi connectivity index (χ4n) is 1.25. The molecule has 1 aliphatic rings. The molecule has 0 atom stereocenters. The Morgan fingerprint density at radius 1 is 1.23 bits per heavy atom. The molecular weight excluding hydrogens is 160 g/mol. The third-order valence-corrected chi connectivity index (χ3v) is 2.54. The van der Waals surface area contributed by atoms with Crippen LogP contribution in [0, 0.1) is 0 Å². The van der Waals surface area contributed by atoms with Gasteiger partial charge < -0.3 is 4.74 Å². The SMILES string of the molecule is COC(C)(C)C1=CC(=C(C)C)C=C1. The van der Waals surface area contributed by atoms with Crippen LogP contribution in [-0.2, 0) is 4.74 Å². The summed E-state index contributed by atoms with van der Waals surface area (Å²) < 4.78 is 5.41. The summed E-state index contributed by atoms with van der Waals surface area (Å²) in [5.41, 5.74) is 3.72. The van der Waals surface area contributed by atoms with Crippen molar-refractivity contribution in [2.75, 3.05) is 7.11 Å². The Kier molecular flexibility index (Phi) is 2.77. The fraction of sp³-hybridized carbons (Fsp3) is 0.500. The molecule has 0 amide bonds. The first-order valence-electron chi connectivity index (χ1n) is 4.60. The van der Waals surface area contributed by atoms with E-state index >= 15 is 0 Å². The van der Waals surface area contributed by atoms with Crippen LogP contribution in [0.3, 0.4) is 0 Å². The lowest BCUT2D eigenvalue weighted by Crippen LogP contribution is -2.23. The van der Waals surface area contributed by atoms with E-state index in [1.807, 2.05) is 0 Å². The molecular formula is C12H18O. The molecule has 0 radical (unpaired) electrons. The highest BCUT2D eigenvalue weighted by Crippen LogP contribution is 2.28. The molecule has 0 heterocycles. The first-order chi connectivity index (χ1) is 5.97. The standard InChI is InChI=1S/C12H18O/c1-9(2)10-6-7-11(8-10)12(3,4)13-5/h6-8H,1-5H3.